The number of benzene rings is 3. The van der Waals surface area contributed by atoms with Crippen molar-refractivity contribution < 1.29 is 22.7 Å². The molecule has 1 aromatic heterocycles. The summed E-state index contributed by atoms with van der Waals surface area (Å²) in [6, 6.07) is 26.5. The van der Waals surface area contributed by atoms with Crippen LogP contribution in [0.2, 0.25) is 0 Å². The third kappa shape index (κ3) is 9.23. The van der Waals surface area contributed by atoms with Crippen LogP contribution in [0.4, 0.5) is 0 Å². The standard InChI is InChI=1S/C34H38N4O5S/c1-3-37-44(41,42)31-18-13-26(14-19-31)15-20-33(39)38(25-28-11-16-30(43-2)17-12-28)32(22-27-8-5-4-6-9-27)34(40)36-24-29-10-7-21-35-23-29/h4-14,16-19,21,23,32,37H,3,15,20,22,24-25H2,1-2H3,(H,36,40). The third-order valence-corrected chi connectivity index (χ3v) is 8.73. The van der Waals surface area contributed by atoms with Gasteiger partial charge >= 0.3 is 0 Å². The lowest BCUT2D eigenvalue weighted by atomic mass is 10.0. The molecule has 2 N–H and O–H groups in total. The smallest absolute Gasteiger partial charge is 0.243 e. The van der Waals surface area contributed by atoms with Gasteiger partial charge in [0.25, 0.3) is 0 Å². The molecule has 44 heavy (non-hydrogen) atoms. The molecular weight excluding hydrogens is 576 g/mol. The number of aromatic nitrogens is 1. The highest BCUT2D eigenvalue weighted by Gasteiger charge is 2.30. The normalized spacial score (nSPS) is 11.9. The number of hydrogen-bond acceptors (Lipinski definition) is 6. The van der Waals surface area contributed by atoms with Gasteiger partial charge in [-0.1, -0.05) is 67.6 Å². The number of carbonyl (C=O) groups excluding carboxylic acids is 2. The van der Waals surface area contributed by atoms with Crippen LogP contribution in [0.1, 0.15) is 35.6 Å². The van der Waals surface area contributed by atoms with Crippen molar-refractivity contribution in [3.63, 3.8) is 0 Å². The minimum absolute atomic E-state index is 0.136. The van der Waals surface area contributed by atoms with Crippen molar-refractivity contribution in [2.24, 2.45) is 0 Å². The number of rotatable bonds is 15. The Morgan fingerprint density at radius 1 is 0.864 bits per heavy atom. The predicted molar refractivity (Wildman–Crippen MR) is 169 cm³/mol. The average Bonchev–Trinajstić information content (AvgIpc) is 3.05. The van der Waals surface area contributed by atoms with Gasteiger partial charge in [-0.3, -0.25) is 14.6 Å². The van der Waals surface area contributed by atoms with Gasteiger partial charge in [0.15, 0.2) is 0 Å². The lowest BCUT2D eigenvalue weighted by Crippen LogP contribution is -2.50. The maximum absolute atomic E-state index is 14.0. The molecule has 9 nitrogen and oxygen atoms in total. The molecule has 230 valence electrons. The number of amides is 2. The SMILES string of the molecule is CCNS(=O)(=O)c1ccc(CCC(=O)N(Cc2ccc(OC)cc2)C(Cc2ccccc2)C(=O)NCc2cccnc2)cc1. The van der Waals surface area contributed by atoms with Crippen molar-refractivity contribution in [3.05, 3.63) is 126 Å². The number of hydrogen-bond donors (Lipinski definition) is 2. The fourth-order valence-electron chi connectivity index (χ4n) is 4.79. The molecule has 1 unspecified atom stereocenters. The molecule has 0 bridgehead atoms. The number of carbonyl (C=O) groups is 2. The van der Waals surface area contributed by atoms with Crippen LogP contribution in [-0.4, -0.2) is 49.8 Å². The van der Waals surface area contributed by atoms with E-state index in [4.69, 9.17) is 4.74 Å². The number of nitrogens with zero attached hydrogens (tertiary/aromatic N) is 2. The lowest BCUT2D eigenvalue weighted by molar-refractivity contribution is -0.141. The fraction of sp³-hybridized carbons (Fsp3) is 0.265. The summed E-state index contributed by atoms with van der Waals surface area (Å²) in [6.07, 6.45) is 4.22. The van der Waals surface area contributed by atoms with Gasteiger partial charge in [-0.25, -0.2) is 13.1 Å². The average molecular weight is 615 g/mol. The van der Waals surface area contributed by atoms with Crippen LogP contribution in [0.15, 0.2) is 108 Å². The molecule has 10 heteroatoms. The van der Waals surface area contributed by atoms with Crippen LogP contribution in [0, 0.1) is 0 Å². The monoisotopic (exact) mass is 614 g/mol. The number of ether oxygens (including phenoxy) is 1. The molecule has 0 fully saturated rings. The summed E-state index contributed by atoms with van der Waals surface area (Å²) in [5, 5.41) is 3.01. The molecule has 0 radical (unpaired) electrons. The topological polar surface area (TPSA) is 118 Å². The van der Waals surface area contributed by atoms with Gasteiger partial charge in [0.1, 0.15) is 11.8 Å². The van der Waals surface area contributed by atoms with Gasteiger partial charge in [-0.05, 0) is 59.0 Å². The van der Waals surface area contributed by atoms with E-state index in [-0.39, 0.29) is 36.2 Å². The second kappa shape index (κ2) is 15.8. The number of pyridine rings is 1. The van der Waals surface area contributed by atoms with Gasteiger partial charge in [-0.15, -0.1) is 0 Å². The van der Waals surface area contributed by atoms with Crippen molar-refractivity contribution in [2.45, 2.75) is 50.2 Å². The highest BCUT2D eigenvalue weighted by atomic mass is 32.2. The van der Waals surface area contributed by atoms with Crippen LogP contribution in [-0.2, 0) is 45.5 Å². The zero-order valence-electron chi connectivity index (χ0n) is 25.0. The van der Waals surface area contributed by atoms with E-state index >= 15 is 0 Å². The van der Waals surface area contributed by atoms with Crippen molar-refractivity contribution in [2.75, 3.05) is 13.7 Å². The summed E-state index contributed by atoms with van der Waals surface area (Å²) in [6.45, 7) is 2.52. The quantitative estimate of drug-likeness (QED) is 0.207. The zero-order chi connectivity index (χ0) is 31.4. The summed E-state index contributed by atoms with van der Waals surface area (Å²) >= 11 is 0. The first-order chi connectivity index (χ1) is 21.3. The highest BCUT2D eigenvalue weighted by Crippen LogP contribution is 2.20. The number of aryl methyl sites for hydroxylation is 1. The Kier molecular flexibility index (Phi) is 11.6. The van der Waals surface area contributed by atoms with Crippen LogP contribution in [0.25, 0.3) is 0 Å². The first kappa shape index (κ1) is 32.4. The van der Waals surface area contributed by atoms with Gasteiger partial charge in [0.2, 0.25) is 21.8 Å². The second-order valence-corrected chi connectivity index (χ2v) is 12.1. The van der Waals surface area contributed by atoms with Crippen molar-refractivity contribution >= 4 is 21.8 Å². The van der Waals surface area contributed by atoms with E-state index in [1.807, 2.05) is 66.7 Å². The van der Waals surface area contributed by atoms with Crippen LogP contribution < -0.4 is 14.8 Å². The van der Waals surface area contributed by atoms with Gasteiger partial charge in [0.05, 0.1) is 12.0 Å². The van der Waals surface area contributed by atoms with Crippen molar-refractivity contribution in [1.29, 1.82) is 0 Å². The molecule has 4 rings (SSSR count). The van der Waals surface area contributed by atoms with E-state index < -0.39 is 16.1 Å². The maximum Gasteiger partial charge on any atom is 0.243 e. The van der Waals surface area contributed by atoms with Gasteiger partial charge in [-0.2, -0.15) is 0 Å². The molecule has 0 aliphatic rings. The molecule has 3 aromatic carbocycles. The first-order valence-electron chi connectivity index (χ1n) is 14.5. The number of methoxy groups -OCH3 is 1. The molecule has 0 aliphatic carbocycles. The summed E-state index contributed by atoms with van der Waals surface area (Å²) < 4.78 is 32.4. The second-order valence-electron chi connectivity index (χ2n) is 10.3. The Labute approximate surface area is 259 Å². The largest absolute Gasteiger partial charge is 0.497 e. The van der Waals surface area contributed by atoms with E-state index in [0.29, 0.717) is 25.1 Å². The summed E-state index contributed by atoms with van der Waals surface area (Å²) in [5.41, 5.74) is 3.46. The van der Waals surface area contributed by atoms with Crippen LogP contribution in [0.3, 0.4) is 0 Å². The molecule has 1 heterocycles. The Morgan fingerprint density at radius 3 is 2.18 bits per heavy atom. The molecule has 0 saturated heterocycles. The van der Waals surface area contributed by atoms with Crippen molar-refractivity contribution in [3.8, 4) is 5.75 Å². The zero-order valence-corrected chi connectivity index (χ0v) is 25.8. The molecule has 1 atom stereocenters. The summed E-state index contributed by atoms with van der Waals surface area (Å²) in [5.74, 6) is 0.237. The molecule has 0 spiro atoms. The minimum Gasteiger partial charge on any atom is -0.497 e. The van der Waals surface area contributed by atoms with Crippen molar-refractivity contribution in [1.82, 2.24) is 19.9 Å². The molecular formula is C34H38N4O5S. The first-order valence-corrected chi connectivity index (χ1v) is 16.0. The lowest BCUT2D eigenvalue weighted by Gasteiger charge is -2.32. The Morgan fingerprint density at radius 2 is 1.55 bits per heavy atom. The summed E-state index contributed by atoms with van der Waals surface area (Å²) in [4.78, 5) is 33.7. The predicted octanol–water partition coefficient (Wildman–Crippen LogP) is 4.28. The number of nitrogens with one attached hydrogen (secondary N) is 2. The Balaban J connectivity index is 1.59. The van der Waals surface area contributed by atoms with E-state index in [0.717, 1.165) is 22.3 Å². The highest BCUT2D eigenvalue weighted by molar-refractivity contribution is 7.89. The number of sulfonamides is 1. The third-order valence-electron chi connectivity index (χ3n) is 7.17. The fourth-order valence-corrected chi connectivity index (χ4v) is 5.84. The molecule has 4 aromatic rings. The minimum atomic E-state index is -3.57. The van der Waals surface area contributed by atoms with Crippen LogP contribution in [0.5, 0.6) is 5.75 Å². The summed E-state index contributed by atoms with van der Waals surface area (Å²) in [7, 11) is -1.98. The van der Waals surface area contributed by atoms with E-state index in [9.17, 15) is 18.0 Å². The van der Waals surface area contributed by atoms with E-state index in [1.54, 1.807) is 43.5 Å². The van der Waals surface area contributed by atoms with E-state index in [1.165, 1.54) is 12.1 Å². The van der Waals surface area contributed by atoms with E-state index in [2.05, 4.69) is 15.0 Å². The van der Waals surface area contributed by atoms with Crippen LogP contribution >= 0.6 is 0 Å². The van der Waals surface area contributed by atoms with Gasteiger partial charge < -0.3 is 15.0 Å². The molecule has 2 amide bonds. The molecule has 0 saturated carbocycles. The van der Waals surface area contributed by atoms with Gasteiger partial charge in [0, 0.05) is 44.9 Å². The molecule has 0 aliphatic heterocycles. The Bertz CT molecular complexity index is 1600. The Hall–Kier alpha value is -4.54. The maximum atomic E-state index is 14.0.